The van der Waals surface area contributed by atoms with E-state index in [-0.39, 0.29) is 11.6 Å². The minimum Gasteiger partial charge on any atom is -0.293 e. The van der Waals surface area contributed by atoms with Crippen LogP contribution in [0.1, 0.15) is 45.7 Å². The van der Waals surface area contributed by atoms with Crippen LogP contribution in [0.3, 0.4) is 0 Å². The van der Waals surface area contributed by atoms with Gasteiger partial charge in [-0.05, 0) is 55.7 Å². The first-order valence-corrected chi connectivity index (χ1v) is 6.48. The third-order valence-corrected chi connectivity index (χ3v) is 4.23. The van der Waals surface area contributed by atoms with Crippen molar-refractivity contribution >= 4 is 22.3 Å². The molecule has 0 saturated heterocycles. The molecule has 2 heteroatoms. The minimum atomic E-state index is -0.918. The molecule has 2 nitrogen and oxygen atoms in total. The average molecular weight is 252 g/mol. The van der Waals surface area contributed by atoms with Crippen LogP contribution in [0.2, 0.25) is 0 Å². The molecular formula is C17H16O2. The zero-order valence-corrected chi connectivity index (χ0v) is 11.6. The van der Waals surface area contributed by atoms with Crippen LogP contribution in [0.25, 0.3) is 10.8 Å². The van der Waals surface area contributed by atoms with E-state index >= 15 is 0 Å². The summed E-state index contributed by atoms with van der Waals surface area (Å²) in [7, 11) is 0. The summed E-state index contributed by atoms with van der Waals surface area (Å²) in [5.74, 6) is -0.103. The summed E-state index contributed by atoms with van der Waals surface area (Å²) in [5.41, 5.74) is 2.37. The molecule has 0 saturated carbocycles. The number of hydrogen-bond donors (Lipinski definition) is 0. The Labute approximate surface area is 112 Å². The summed E-state index contributed by atoms with van der Waals surface area (Å²) in [6, 6.07) is 7.89. The van der Waals surface area contributed by atoms with Crippen molar-refractivity contribution in [2.24, 2.45) is 5.41 Å². The van der Waals surface area contributed by atoms with Gasteiger partial charge >= 0.3 is 0 Å². The lowest BCUT2D eigenvalue weighted by molar-refractivity contribution is 0.0746. The Morgan fingerprint density at radius 1 is 1.00 bits per heavy atom. The molecule has 0 spiro atoms. The van der Waals surface area contributed by atoms with E-state index in [2.05, 4.69) is 0 Å². The van der Waals surface area contributed by atoms with Crippen LogP contribution in [0.5, 0.6) is 0 Å². The topological polar surface area (TPSA) is 34.1 Å². The van der Waals surface area contributed by atoms with Gasteiger partial charge in [0.25, 0.3) is 0 Å². The number of Topliss-reactive ketones (excluding diaryl/α,β-unsaturated/α-hetero) is 2. The molecule has 1 aliphatic carbocycles. The Bertz CT molecular complexity index is 751. The number of rotatable bonds is 0. The van der Waals surface area contributed by atoms with Crippen molar-refractivity contribution in [1.82, 2.24) is 0 Å². The molecular weight excluding hydrogens is 236 g/mol. The first-order chi connectivity index (χ1) is 8.85. The van der Waals surface area contributed by atoms with Crippen LogP contribution in [-0.4, -0.2) is 11.6 Å². The largest absolute Gasteiger partial charge is 0.293 e. The van der Waals surface area contributed by atoms with E-state index in [1.54, 1.807) is 13.8 Å². The predicted octanol–water partition coefficient (Wildman–Crippen LogP) is 3.86. The van der Waals surface area contributed by atoms with Crippen LogP contribution >= 0.6 is 0 Å². The minimum absolute atomic E-state index is 0.0462. The van der Waals surface area contributed by atoms with Gasteiger partial charge in [-0.1, -0.05) is 18.2 Å². The highest BCUT2D eigenvalue weighted by molar-refractivity contribution is 6.31. The van der Waals surface area contributed by atoms with Crippen LogP contribution in [0.15, 0.2) is 24.3 Å². The summed E-state index contributed by atoms with van der Waals surface area (Å²) in [6.07, 6.45) is 0. The summed E-state index contributed by atoms with van der Waals surface area (Å²) >= 11 is 0. The lowest BCUT2D eigenvalue weighted by Crippen LogP contribution is -2.25. The smallest absolute Gasteiger partial charge is 0.177 e. The number of aryl methyl sites for hydroxylation is 2. The molecule has 19 heavy (non-hydrogen) atoms. The second-order valence-electron chi connectivity index (χ2n) is 5.88. The molecule has 0 N–H and O–H groups in total. The fraction of sp³-hybridized carbons (Fsp3) is 0.294. The highest BCUT2D eigenvalue weighted by Gasteiger charge is 2.46. The van der Waals surface area contributed by atoms with Gasteiger partial charge in [0.15, 0.2) is 11.6 Å². The average Bonchev–Trinajstić information content (AvgIpc) is 2.51. The van der Waals surface area contributed by atoms with Crippen molar-refractivity contribution in [1.29, 1.82) is 0 Å². The van der Waals surface area contributed by atoms with Crippen molar-refractivity contribution in [3.63, 3.8) is 0 Å². The SMILES string of the molecule is Cc1cccc2cc3c(c(C)c12)C(=O)C(C)(C)C3=O. The van der Waals surface area contributed by atoms with Crippen molar-refractivity contribution in [3.05, 3.63) is 46.5 Å². The second kappa shape index (κ2) is 3.53. The van der Waals surface area contributed by atoms with Gasteiger partial charge in [-0.15, -0.1) is 0 Å². The highest BCUT2D eigenvalue weighted by atomic mass is 16.2. The van der Waals surface area contributed by atoms with E-state index < -0.39 is 5.41 Å². The second-order valence-corrected chi connectivity index (χ2v) is 5.88. The maximum Gasteiger partial charge on any atom is 0.177 e. The van der Waals surface area contributed by atoms with E-state index in [4.69, 9.17) is 0 Å². The first-order valence-electron chi connectivity index (χ1n) is 6.48. The van der Waals surface area contributed by atoms with Gasteiger partial charge in [-0.2, -0.15) is 0 Å². The molecule has 0 unspecified atom stereocenters. The first kappa shape index (κ1) is 12.1. The van der Waals surface area contributed by atoms with E-state index in [1.807, 2.05) is 38.1 Å². The zero-order chi connectivity index (χ0) is 13.9. The summed E-state index contributed by atoms with van der Waals surface area (Å²) in [6.45, 7) is 7.41. The Morgan fingerprint density at radius 2 is 1.68 bits per heavy atom. The third kappa shape index (κ3) is 1.37. The number of hydrogen-bond acceptors (Lipinski definition) is 2. The van der Waals surface area contributed by atoms with Crippen LogP contribution in [0.4, 0.5) is 0 Å². The molecule has 0 atom stereocenters. The van der Waals surface area contributed by atoms with Crippen molar-refractivity contribution in [2.75, 3.05) is 0 Å². The summed E-state index contributed by atoms with van der Waals surface area (Å²) in [5, 5.41) is 2.13. The maximum atomic E-state index is 12.5. The molecule has 3 rings (SSSR count). The number of ketones is 2. The fourth-order valence-electron chi connectivity index (χ4n) is 3.10. The Hall–Kier alpha value is -1.96. The van der Waals surface area contributed by atoms with Gasteiger partial charge in [-0.25, -0.2) is 0 Å². The highest BCUT2D eigenvalue weighted by Crippen LogP contribution is 2.40. The molecule has 0 heterocycles. The van der Waals surface area contributed by atoms with Crippen molar-refractivity contribution < 1.29 is 9.59 Å². The lowest BCUT2D eigenvalue weighted by Gasteiger charge is -2.12. The van der Waals surface area contributed by atoms with Crippen molar-refractivity contribution in [2.45, 2.75) is 27.7 Å². The number of fused-ring (bicyclic) bond motifs is 2. The molecule has 0 fully saturated rings. The van der Waals surface area contributed by atoms with E-state index in [9.17, 15) is 9.59 Å². The molecule has 0 aliphatic heterocycles. The van der Waals surface area contributed by atoms with Gasteiger partial charge in [0.05, 0.1) is 5.41 Å². The molecule has 0 radical (unpaired) electrons. The number of carbonyl (C=O) groups excluding carboxylic acids is 2. The molecule has 0 amide bonds. The fourth-order valence-corrected chi connectivity index (χ4v) is 3.10. The van der Waals surface area contributed by atoms with Crippen LogP contribution in [0, 0.1) is 19.3 Å². The Morgan fingerprint density at radius 3 is 2.37 bits per heavy atom. The van der Waals surface area contributed by atoms with E-state index in [0.29, 0.717) is 11.1 Å². The third-order valence-electron chi connectivity index (χ3n) is 4.23. The summed E-state index contributed by atoms with van der Waals surface area (Å²) in [4.78, 5) is 24.9. The monoisotopic (exact) mass is 252 g/mol. The molecule has 2 aromatic carbocycles. The van der Waals surface area contributed by atoms with Gasteiger partial charge in [0.1, 0.15) is 0 Å². The van der Waals surface area contributed by atoms with Gasteiger partial charge in [0.2, 0.25) is 0 Å². The van der Waals surface area contributed by atoms with Gasteiger partial charge in [0, 0.05) is 11.1 Å². The maximum absolute atomic E-state index is 12.5. The number of carbonyl (C=O) groups is 2. The standard InChI is InChI=1S/C17H16O2/c1-9-6-5-7-11-8-12-14(10(2)13(9)11)16(19)17(3,4)15(12)18/h5-8H,1-4H3. The van der Waals surface area contributed by atoms with E-state index in [0.717, 1.165) is 21.9 Å². The quantitative estimate of drug-likeness (QED) is 0.667. The van der Waals surface area contributed by atoms with Crippen molar-refractivity contribution in [3.8, 4) is 0 Å². The molecule has 0 aromatic heterocycles. The molecule has 1 aliphatic rings. The van der Waals surface area contributed by atoms with Crippen LogP contribution in [-0.2, 0) is 0 Å². The summed E-state index contributed by atoms with van der Waals surface area (Å²) < 4.78 is 0. The van der Waals surface area contributed by atoms with Gasteiger partial charge < -0.3 is 0 Å². The Kier molecular flexibility index (Phi) is 2.25. The zero-order valence-electron chi connectivity index (χ0n) is 11.6. The predicted molar refractivity (Wildman–Crippen MR) is 75.9 cm³/mol. The van der Waals surface area contributed by atoms with Crippen LogP contribution < -0.4 is 0 Å². The molecule has 2 aromatic rings. The van der Waals surface area contributed by atoms with E-state index in [1.165, 1.54) is 0 Å². The molecule has 0 bridgehead atoms. The molecule has 96 valence electrons. The lowest BCUT2D eigenvalue weighted by atomic mass is 9.87. The number of benzene rings is 2. The normalized spacial score (nSPS) is 17.1. The Balaban J connectivity index is 2.49. The van der Waals surface area contributed by atoms with Gasteiger partial charge in [-0.3, -0.25) is 9.59 Å².